The molecule has 0 saturated heterocycles. The SMILES string of the molecule is O=C(c1cc(F)cc(F)c1)N1CCCc2cccc(F)c21. The van der Waals surface area contributed by atoms with Crippen LogP contribution in [0.3, 0.4) is 0 Å². The molecule has 21 heavy (non-hydrogen) atoms. The summed E-state index contributed by atoms with van der Waals surface area (Å²) in [7, 11) is 0. The summed E-state index contributed by atoms with van der Waals surface area (Å²) in [5.74, 6) is -2.76. The van der Waals surface area contributed by atoms with Gasteiger partial charge in [0.2, 0.25) is 0 Å². The van der Waals surface area contributed by atoms with Crippen LogP contribution < -0.4 is 4.90 Å². The highest BCUT2D eigenvalue weighted by molar-refractivity contribution is 6.06. The molecule has 0 spiro atoms. The molecule has 1 heterocycles. The molecule has 3 rings (SSSR count). The molecule has 5 heteroatoms. The second-order valence-electron chi connectivity index (χ2n) is 4.97. The van der Waals surface area contributed by atoms with Crippen LogP contribution in [-0.4, -0.2) is 12.5 Å². The minimum atomic E-state index is -0.830. The topological polar surface area (TPSA) is 20.3 Å². The number of para-hydroxylation sites is 1. The van der Waals surface area contributed by atoms with Crippen LogP contribution in [0.15, 0.2) is 36.4 Å². The van der Waals surface area contributed by atoms with Gasteiger partial charge in [0.25, 0.3) is 5.91 Å². The lowest BCUT2D eigenvalue weighted by atomic mass is 10.0. The van der Waals surface area contributed by atoms with E-state index in [0.29, 0.717) is 25.5 Å². The van der Waals surface area contributed by atoms with Crippen molar-refractivity contribution in [1.29, 1.82) is 0 Å². The third-order valence-corrected chi connectivity index (χ3v) is 3.52. The van der Waals surface area contributed by atoms with Crippen molar-refractivity contribution in [2.75, 3.05) is 11.4 Å². The van der Waals surface area contributed by atoms with Crippen LogP contribution in [0.25, 0.3) is 0 Å². The third-order valence-electron chi connectivity index (χ3n) is 3.52. The molecule has 1 amide bonds. The van der Waals surface area contributed by atoms with E-state index >= 15 is 0 Å². The van der Waals surface area contributed by atoms with E-state index in [2.05, 4.69) is 0 Å². The predicted octanol–water partition coefficient (Wildman–Crippen LogP) is 3.70. The van der Waals surface area contributed by atoms with Crippen molar-refractivity contribution < 1.29 is 18.0 Å². The molecule has 2 aromatic carbocycles. The van der Waals surface area contributed by atoms with E-state index in [1.165, 1.54) is 11.0 Å². The summed E-state index contributed by atoms with van der Waals surface area (Å²) < 4.78 is 40.5. The molecule has 0 fully saturated rings. The van der Waals surface area contributed by atoms with Gasteiger partial charge in [-0.15, -0.1) is 0 Å². The van der Waals surface area contributed by atoms with Gasteiger partial charge in [-0.05, 0) is 36.6 Å². The lowest BCUT2D eigenvalue weighted by molar-refractivity contribution is 0.0983. The fraction of sp³-hybridized carbons (Fsp3) is 0.188. The Hall–Kier alpha value is -2.30. The number of carbonyl (C=O) groups excluding carboxylic acids is 1. The van der Waals surface area contributed by atoms with Crippen LogP contribution in [0.4, 0.5) is 18.9 Å². The molecule has 0 atom stereocenters. The molecule has 0 bridgehead atoms. The van der Waals surface area contributed by atoms with Crippen molar-refractivity contribution in [2.24, 2.45) is 0 Å². The average molecular weight is 291 g/mol. The van der Waals surface area contributed by atoms with Gasteiger partial charge in [-0.1, -0.05) is 12.1 Å². The van der Waals surface area contributed by atoms with E-state index in [-0.39, 0.29) is 11.3 Å². The number of anilines is 1. The lowest BCUT2D eigenvalue weighted by Gasteiger charge is -2.29. The normalized spacial score (nSPS) is 14.0. The van der Waals surface area contributed by atoms with Crippen molar-refractivity contribution in [3.05, 3.63) is 65.0 Å². The Morgan fingerprint density at radius 2 is 1.76 bits per heavy atom. The Kier molecular flexibility index (Phi) is 3.41. The van der Waals surface area contributed by atoms with Gasteiger partial charge in [0, 0.05) is 18.2 Å². The summed E-state index contributed by atoms with van der Waals surface area (Å²) in [6, 6.07) is 7.23. The fourth-order valence-electron chi connectivity index (χ4n) is 2.64. The number of aryl methyl sites for hydroxylation is 1. The maximum absolute atomic E-state index is 14.0. The molecule has 1 aliphatic rings. The molecule has 0 aliphatic carbocycles. The Labute approximate surface area is 119 Å². The molecule has 2 aromatic rings. The van der Waals surface area contributed by atoms with E-state index in [1.807, 2.05) is 0 Å². The van der Waals surface area contributed by atoms with Crippen LogP contribution in [0.1, 0.15) is 22.3 Å². The van der Waals surface area contributed by atoms with Gasteiger partial charge in [-0.2, -0.15) is 0 Å². The van der Waals surface area contributed by atoms with Crippen LogP contribution in [0.5, 0.6) is 0 Å². The standard InChI is InChI=1S/C16H12F3NO/c17-12-7-11(8-13(18)9-12)16(21)20-6-2-4-10-3-1-5-14(19)15(10)20/h1,3,5,7-9H,2,4,6H2. The van der Waals surface area contributed by atoms with E-state index in [0.717, 1.165) is 17.7 Å². The monoisotopic (exact) mass is 291 g/mol. The zero-order valence-corrected chi connectivity index (χ0v) is 11.1. The highest BCUT2D eigenvalue weighted by atomic mass is 19.1. The van der Waals surface area contributed by atoms with Crippen molar-refractivity contribution >= 4 is 11.6 Å². The summed E-state index contributed by atoms with van der Waals surface area (Å²) in [6.07, 6.45) is 1.36. The van der Waals surface area contributed by atoms with Crippen molar-refractivity contribution in [3.8, 4) is 0 Å². The van der Waals surface area contributed by atoms with Gasteiger partial charge in [0.05, 0.1) is 5.69 Å². The Balaban J connectivity index is 2.04. The highest BCUT2D eigenvalue weighted by Gasteiger charge is 2.26. The Morgan fingerprint density at radius 1 is 1.05 bits per heavy atom. The zero-order valence-electron chi connectivity index (χ0n) is 11.1. The quantitative estimate of drug-likeness (QED) is 0.784. The smallest absolute Gasteiger partial charge is 0.258 e. The first-order valence-electron chi connectivity index (χ1n) is 6.61. The second-order valence-corrected chi connectivity index (χ2v) is 4.97. The first-order chi connectivity index (χ1) is 10.1. The summed E-state index contributed by atoms with van der Waals surface area (Å²) in [4.78, 5) is 13.7. The van der Waals surface area contributed by atoms with Gasteiger partial charge in [0.1, 0.15) is 17.5 Å². The summed E-state index contributed by atoms with van der Waals surface area (Å²) in [5.41, 5.74) is 0.813. The van der Waals surface area contributed by atoms with E-state index in [4.69, 9.17) is 0 Å². The van der Waals surface area contributed by atoms with Crippen molar-refractivity contribution in [1.82, 2.24) is 0 Å². The summed E-state index contributed by atoms with van der Waals surface area (Å²) >= 11 is 0. The van der Waals surface area contributed by atoms with Crippen molar-refractivity contribution in [2.45, 2.75) is 12.8 Å². The van der Waals surface area contributed by atoms with Crippen LogP contribution in [0, 0.1) is 17.5 Å². The number of carbonyl (C=O) groups is 1. The number of benzene rings is 2. The number of amides is 1. The largest absolute Gasteiger partial charge is 0.305 e. The van der Waals surface area contributed by atoms with Crippen LogP contribution in [0.2, 0.25) is 0 Å². The molecule has 1 aliphatic heterocycles. The molecule has 2 nitrogen and oxygen atoms in total. The van der Waals surface area contributed by atoms with Crippen LogP contribution in [-0.2, 0) is 6.42 Å². The number of fused-ring (bicyclic) bond motifs is 1. The molecular weight excluding hydrogens is 279 g/mol. The second kappa shape index (κ2) is 5.24. The minimum Gasteiger partial charge on any atom is -0.305 e. The molecule has 0 saturated carbocycles. The van der Waals surface area contributed by atoms with Gasteiger partial charge in [0.15, 0.2) is 0 Å². The van der Waals surface area contributed by atoms with E-state index < -0.39 is 23.4 Å². The lowest BCUT2D eigenvalue weighted by Crippen LogP contribution is -2.36. The highest BCUT2D eigenvalue weighted by Crippen LogP contribution is 2.31. The van der Waals surface area contributed by atoms with Gasteiger partial charge in [-0.3, -0.25) is 4.79 Å². The first kappa shape index (κ1) is 13.7. The molecule has 0 N–H and O–H groups in total. The fourth-order valence-corrected chi connectivity index (χ4v) is 2.64. The molecule has 0 aromatic heterocycles. The first-order valence-corrected chi connectivity index (χ1v) is 6.61. The number of hydrogen-bond donors (Lipinski definition) is 0. The van der Waals surface area contributed by atoms with Gasteiger partial charge < -0.3 is 4.90 Å². The number of rotatable bonds is 1. The predicted molar refractivity (Wildman–Crippen MR) is 72.8 cm³/mol. The van der Waals surface area contributed by atoms with E-state index in [9.17, 15) is 18.0 Å². The van der Waals surface area contributed by atoms with Crippen molar-refractivity contribution in [3.63, 3.8) is 0 Å². The van der Waals surface area contributed by atoms with E-state index in [1.54, 1.807) is 12.1 Å². The number of halogens is 3. The molecular formula is C16H12F3NO. The van der Waals surface area contributed by atoms with Gasteiger partial charge in [-0.25, -0.2) is 13.2 Å². The molecule has 0 radical (unpaired) electrons. The summed E-state index contributed by atoms with van der Waals surface area (Å²) in [6.45, 7) is 0.324. The Bertz CT molecular complexity index is 694. The Morgan fingerprint density at radius 3 is 2.48 bits per heavy atom. The summed E-state index contributed by atoms with van der Waals surface area (Å²) in [5, 5.41) is 0. The maximum Gasteiger partial charge on any atom is 0.258 e. The number of hydrogen-bond acceptors (Lipinski definition) is 1. The third kappa shape index (κ3) is 2.51. The molecule has 0 unspecified atom stereocenters. The number of nitrogens with zero attached hydrogens (tertiary/aromatic N) is 1. The van der Waals surface area contributed by atoms with Gasteiger partial charge >= 0.3 is 0 Å². The van der Waals surface area contributed by atoms with Crippen LogP contribution >= 0.6 is 0 Å². The zero-order chi connectivity index (χ0) is 15.0. The average Bonchev–Trinajstić information content (AvgIpc) is 2.45. The molecule has 108 valence electrons. The maximum atomic E-state index is 14.0. The minimum absolute atomic E-state index is 0.122.